The van der Waals surface area contributed by atoms with Crippen LogP contribution in [0.5, 0.6) is 0 Å². The molecule has 4 aliphatic rings. The summed E-state index contributed by atoms with van der Waals surface area (Å²) in [5.74, 6) is 2.19. The Labute approximate surface area is 103 Å². The third-order valence-corrected chi connectivity index (χ3v) is 5.36. The van der Waals surface area contributed by atoms with Crippen LogP contribution in [0.2, 0.25) is 0 Å². The Hall–Kier alpha value is -0.570. The maximum absolute atomic E-state index is 12.4. The summed E-state index contributed by atoms with van der Waals surface area (Å²) in [6.07, 6.45) is 9.09. The number of fused-ring (bicyclic) bond motifs is 2. The monoisotopic (exact) mass is 234 g/mol. The van der Waals surface area contributed by atoms with Crippen LogP contribution in [0.15, 0.2) is 0 Å². The maximum Gasteiger partial charge on any atom is 0.240 e. The highest BCUT2D eigenvalue weighted by atomic mass is 16.2. The molecule has 1 heterocycles. The second kappa shape index (κ2) is 3.71. The van der Waals surface area contributed by atoms with Gasteiger partial charge in [-0.25, -0.2) is 0 Å². The van der Waals surface area contributed by atoms with E-state index in [1.54, 1.807) is 0 Å². The first-order chi connectivity index (χ1) is 8.31. The topological polar surface area (TPSA) is 32.3 Å². The summed E-state index contributed by atoms with van der Waals surface area (Å²) in [6, 6.07) is 1.41. The lowest BCUT2D eigenvalue weighted by molar-refractivity contribution is -0.132. The standard InChI is InChI=1S/C14H22N2O/c17-14-12(15-11-3-4-11)5-6-16(14)13-8-9-1-2-10(13)7-9/h9-13,15H,1-8H2. The van der Waals surface area contributed by atoms with Crippen LogP contribution in [0.4, 0.5) is 0 Å². The highest BCUT2D eigenvalue weighted by molar-refractivity contribution is 5.84. The molecule has 94 valence electrons. The van der Waals surface area contributed by atoms with Crippen LogP contribution in [-0.2, 0) is 4.79 Å². The van der Waals surface area contributed by atoms with Gasteiger partial charge in [0, 0.05) is 18.6 Å². The fourth-order valence-electron chi connectivity index (χ4n) is 4.31. The molecule has 1 saturated heterocycles. The van der Waals surface area contributed by atoms with Crippen LogP contribution in [0.25, 0.3) is 0 Å². The number of rotatable bonds is 3. The van der Waals surface area contributed by atoms with E-state index in [0.717, 1.165) is 24.8 Å². The molecular formula is C14H22N2O. The van der Waals surface area contributed by atoms with Gasteiger partial charge in [0.05, 0.1) is 6.04 Å². The molecule has 3 nitrogen and oxygen atoms in total. The normalized spacial score (nSPS) is 44.9. The molecule has 4 unspecified atom stereocenters. The zero-order valence-corrected chi connectivity index (χ0v) is 10.4. The van der Waals surface area contributed by atoms with Gasteiger partial charge in [-0.2, -0.15) is 0 Å². The van der Waals surface area contributed by atoms with E-state index in [9.17, 15) is 4.79 Å². The summed E-state index contributed by atoms with van der Waals surface area (Å²) >= 11 is 0. The molecule has 4 rings (SSSR count). The zero-order valence-electron chi connectivity index (χ0n) is 10.4. The van der Waals surface area contributed by atoms with Gasteiger partial charge in [-0.15, -0.1) is 0 Å². The Morgan fingerprint density at radius 2 is 1.94 bits per heavy atom. The van der Waals surface area contributed by atoms with Crippen molar-refractivity contribution in [2.24, 2.45) is 11.8 Å². The molecule has 0 aromatic heterocycles. The summed E-state index contributed by atoms with van der Waals surface area (Å²) in [6.45, 7) is 1.01. The molecule has 4 fully saturated rings. The van der Waals surface area contributed by atoms with Crippen LogP contribution >= 0.6 is 0 Å². The minimum absolute atomic E-state index is 0.154. The number of hydrogen-bond acceptors (Lipinski definition) is 2. The molecule has 0 aromatic carbocycles. The van der Waals surface area contributed by atoms with Crippen molar-refractivity contribution in [3.05, 3.63) is 0 Å². The van der Waals surface area contributed by atoms with Gasteiger partial charge in [0.15, 0.2) is 0 Å². The van der Waals surface area contributed by atoms with E-state index >= 15 is 0 Å². The maximum atomic E-state index is 12.4. The molecule has 1 aliphatic heterocycles. The lowest BCUT2D eigenvalue weighted by Gasteiger charge is -2.31. The minimum Gasteiger partial charge on any atom is -0.338 e. The van der Waals surface area contributed by atoms with Gasteiger partial charge in [0.25, 0.3) is 0 Å². The van der Waals surface area contributed by atoms with Crippen LogP contribution in [0, 0.1) is 11.8 Å². The second-order valence-corrected chi connectivity index (χ2v) is 6.56. The number of carbonyl (C=O) groups excluding carboxylic acids is 1. The summed E-state index contributed by atoms with van der Waals surface area (Å²) in [7, 11) is 0. The Bertz CT molecular complexity index is 339. The summed E-state index contributed by atoms with van der Waals surface area (Å²) in [5, 5.41) is 3.51. The quantitative estimate of drug-likeness (QED) is 0.803. The molecule has 0 aromatic rings. The minimum atomic E-state index is 0.154. The Kier molecular flexibility index (Phi) is 2.26. The second-order valence-electron chi connectivity index (χ2n) is 6.56. The van der Waals surface area contributed by atoms with Crippen LogP contribution in [-0.4, -0.2) is 35.5 Å². The number of carbonyl (C=O) groups is 1. The predicted molar refractivity (Wildman–Crippen MR) is 65.5 cm³/mol. The van der Waals surface area contributed by atoms with Crippen molar-refractivity contribution in [1.29, 1.82) is 0 Å². The van der Waals surface area contributed by atoms with Gasteiger partial charge in [-0.3, -0.25) is 4.79 Å². The summed E-state index contributed by atoms with van der Waals surface area (Å²) < 4.78 is 0. The number of nitrogens with zero attached hydrogens (tertiary/aromatic N) is 1. The van der Waals surface area contributed by atoms with Crippen molar-refractivity contribution in [3.63, 3.8) is 0 Å². The van der Waals surface area contributed by atoms with Gasteiger partial charge in [-0.1, -0.05) is 6.42 Å². The van der Waals surface area contributed by atoms with E-state index in [1.807, 2.05) is 0 Å². The van der Waals surface area contributed by atoms with Crippen molar-refractivity contribution in [3.8, 4) is 0 Å². The van der Waals surface area contributed by atoms with Crippen molar-refractivity contribution < 1.29 is 4.79 Å². The number of amides is 1. The molecular weight excluding hydrogens is 212 g/mol. The van der Waals surface area contributed by atoms with Crippen molar-refractivity contribution in [2.45, 2.75) is 63.1 Å². The number of likely N-dealkylation sites (tertiary alicyclic amines) is 1. The van der Waals surface area contributed by atoms with Crippen LogP contribution in [0.1, 0.15) is 44.9 Å². The molecule has 0 radical (unpaired) electrons. The Balaban J connectivity index is 1.43. The number of hydrogen-bond donors (Lipinski definition) is 1. The first-order valence-corrected chi connectivity index (χ1v) is 7.38. The highest BCUT2D eigenvalue weighted by Crippen LogP contribution is 2.47. The van der Waals surface area contributed by atoms with Gasteiger partial charge < -0.3 is 10.2 Å². The summed E-state index contributed by atoms with van der Waals surface area (Å²) in [5.41, 5.74) is 0. The molecule has 3 heteroatoms. The molecule has 0 spiro atoms. The SMILES string of the molecule is O=C1C(NC2CC2)CCN1C1CC2CCC1C2. The smallest absolute Gasteiger partial charge is 0.240 e. The van der Waals surface area contributed by atoms with Crippen molar-refractivity contribution >= 4 is 5.91 Å². The summed E-state index contributed by atoms with van der Waals surface area (Å²) in [4.78, 5) is 14.6. The van der Waals surface area contributed by atoms with E-state index in [-0.39, 0.29) is 6.04 Å². The van der Waals surface area contributed by atoms with E-state index in [0.29, 0.717) is 18.0 Å². The fraction of sp³-hybridized carbons (Fsp3) is 0.929. The molecule has 3 saturated carbocycles. The Morgan fingerprint density at radius 3 is 2.59 bits per heavy atom. The fourth-order valence-corrected chi connectivity index (χ4v) is 4.31. The first-order valence-electron chi connectivity index (χ1n) is 7.38. The van der Waals surface area contributed by atoms with E-state index in [2.05, 4.69) is 10.2 Å². The van der Waals surface area contributed by atoms with Gasteiger partial charge in [0.1, 0.15) is 0 Å². The number of nitrogens with one attached hydrogen (secondary N) is 1. The van der Waals surface area contributed by atoms with Crippen LogP contribution in [0.3, 0.4) is 0 Å². The van der Waals surface area contributed by atoms with Gasteiger partial charge >= 0.3 is 0 Å². The van der Waals surface area contributed by atoms with Gasteiger partial charge in [0.2, 0.25) is 5.91 Å². The van der Waals surface area contributed by atoms with Gasteiger partial charge in [-0.05, 0) is 50.4 Å². The van der Waals surface area contributed by atoms with E-state index in [1.165, 1.54) is 38.5 Å². The highest BCUT2D eigenvalue weighted by Gasteiger charge is 2.47. The largest absolute Gasteiger partial charge is 0.338 e. The first kappa shape index (κ1) is 10.4. The zero-order chi connectivity index (χ0) is 11.4. The van der Waals surface area contributed by atoms with E-state index in [4.69, 9.17) is 0 Å². The molecule has 17 heavy (non-hydrogen) atoms. The molecule has 3 aliphatic carbocycles. The average molecular weight is 234 g/mol. The average Bonchev–Trinajstić information content (AvgIpc) is 2.73. The third kappa shape index (κ3) is 1.70. The lowest BCUT2D eigenvalue weighted by atomic mass is 9.94. The molecule has 1 amide bonds. The lowest BCUT2D eigenvalue weighted by Crippen LogP contribution is -2.45. The van der Waals surface area contributed by atoms with Crippen LogP contribution < -0.4 is 5.32 Å². The van der Waals surface area contributed by atoms with E-state index < -0.39 is 0 Å². The third-order valence-electron chi connectivity index (χ3n) is 5.36. The molecule has 4 atom stereocenters. The predicted octanol–water partition coefficient (Wildman–Crippen LogP) is 1.53. The van der Waals surface area contributed by atoms with Crippen molar-refractivity contribution in [1.82, 2.24) is 10.2 Å². The van der Waals surface area contributed by atoms with Crippen molar-refractivity contribution in [2.75, 3.05) is 6.54 Å². The molecule has 2 bridgehead atoms. The Morgan fingerprint density at radius 1 is 1.06 bits per heavy atom. The molecule has 1 N–H and O–H groups in total.